The summed E-state index contributed by atoms with van der Waals surface area (Å²) in [5.41, 5.74) is 1.09. The lowest BCUT2D eigenvalue weighted by Crippen LogP contribution is -2.38. The molecule has 110 valence electrons. The van der Waals surface area contributed by atoms with Crippen LogP contribution in [0.4, 0.5) is 0 Å². The van der Waals surface area contributed by atoms with Crippen molar-refractivity contribution in [1.82, 2.24) is 4.90 Å². The third-order valence-electron chi connectivity index (χ3n) is 3.10. The minimum atomic E-state index is -0.984. The van der Waals surface area contributed by atoms with Crippen LogP contribution >= 0.6 is 11.3 Å². The van der Waals surface area contributed by atoms with Crippen molar-refractivity contribution in [2.24, 2.45) is 0 Å². The van der Waals surface area contributed by atoms with Gasteiger partial charge in [0.15, 0.2) is 0 Å². The van der Waals surface area contributed by atoms with Crippen LogP contribution in [0.25, 0.3) is 0 Å². The predicted molar refractivity (Wildman–Crippen MR) is 82.4 cm³/mol. The molecule has 0 aliphatic rings. The molecular formula is C16H17NO3S. The molecule has 0 saturated carbocycles. The van der Waals surface area contributed by atoms with Gasteiger partial charge < -0.3 is 10.0 Å². The van der Waals surface area contributed by atoms with Crippen molar-refractivity contribution >= 4 is 23.2 Å². The highest BCUT2D eigenvalue weighted by Gasteiger charge is 2.17. The minimum Gasteiger partial charge on any atom is -0.480 e. The van der Waals surface area contributed by atoms with E-state index in [1.165, 1.54) is 16.2 Å². The number of rotatable bonds is 7. The average molecular weight is 303 g/mol. The Bertz CT molecular complexity index is 581. The van der Waals surface area contributed by atoms with E-state index in [9.17, 15) is 9.59 Å². The number of benzene rings is 1. The lowest BCUT2D eigenvalue weighted by atomic mass is 10.1. The van der Waals surface area contributed by atoms with E-state index in [-0.39, 0.29) is 18.9 Å². The zero-order valence-corrected chi connectivity index (χ0v) is 12.4. The molecule has 1 aromatic heterocycles. The van der Waals surface area contributed by atoms with Gasteiger partial charge in [-0.15, -0.1) is 11.3 Å². The molecule has 0 unspecified atom stereocenters. The lowest BCUT2D eigenvalue weighted by Gasteiger charge is -2.20. The molecular weight excluding hydrogens is 286 g/mol. The summed E-state index contributed by atoms with van der Waals surface area (Å²) >= 11 is 1.51. The number of aliphatic carboxylic acids is 1. The van der Waals surface area contributed by atoms with Crippen molar-refractivity contribution in [3.05, 3.63) is 58.3 Å². The second-order valence-corrected chi connectivity index (χ2v) is 5.73. The number of hydrogen-bond donors (Lipinski definition) is 1. The van der Waals surface area contributed by atoms with Crippen LogP contribution in [0, 0.1) is 0 Å². The molecule has 0 fully saturated rings. The number of hydrogen-bond acceptors (Lipinski definition) is 3. The van der Waals surface area contributed by atoms with Crippen molar-refractivity contribution in [1.29, 1.82) is 0 Å². The molecule has 2 aromatic rings. The zero-order chi connectivity index (χ0) is 15.1. The maximum Gasteiger partial charge on any atom is 0.323 e. The maximum absolute atomic E-state index is 12.2. The molecule has 4 nitrogen and oxygen atoms in total. The number of carbonyl (C=O) groups is 2. The predicted octanol–water partition coefficient (Wildman–Crippen LogP) is 2.45. The lowest BCUT2D eigenvalue weighted by molar-refractivity contribution is -0.144. The summed E-state index contributed by atoms with van der Waals surface area (Å²) in [6.07, 6.45) is 0.921. The van der Waals surface area contributed by atoms with Crippen LogP contribution in [0.5, 0.6) is 0 Å². The van der Waals surface area contributed by atoms with Crippen molar-refractivity contribution in [2.45, 2.75) is 12.8 Å². The fourth-order valence-corrected chi connectivity index (χ4v) is 2.73. The van der Waals surface area contributed by atoms with Gasteiger partial charge in [-0.25, -0.2) is 0 Å². The zero-order valence-electron chi connectivity index (χ0n) is 11.6. The first-order chi connectivity index (χ1) is 10.1. The molecule has 0 aliphatic heterocycles. The van der Waals surface area contributed by atoms with Gasteiger partial charge in [0.2, 0.25) is 5.91 Å². The molecule has 1 N–H and O–H groups in total. The first-order valence-corrected chi connectivity index (χ1v) is 7.59. The third-order valence-corrected chi connectivity index (χ3v) is 3.97. The monoisotopic (exact) mass is 303 g/mol. The van der Waals surface area contributed by atoms with Gasteiger partial charge >= 0.3 is 5.97 Å². The van der Waals surface area contributed by atoms with E-state index in [0.29, 0.717) is 13.0 Å². The summed E-state index contributed by atoms with van der Waals surface area (Å²) in [4.78, 5) is 25.5. The highest BCUT2D eigenvalue weighted by atomic mass is 32.1. The Kier molecular flexibility index (Phi) is 5.51. The van der Waals surface area contributed by atoms with E-state index in [1.807, 2.05) is 47.8 Å². The topological polar surface area (TPSA) is 57.6 Å². The highest BCUT2D eigenvalue weighted by molar-refractivity contribution is 7.10. The molecule has 5 heteroatoms. The van der Waals surface area contributed by atoms with Gasteiger partial charge in [0.25, 0.3) is 0 Å². The number of thiophene rings is 1. The first kappa shape index (κ1) is 15.3. The van der Waals surface area contributed by atoms with E-state index in [4.69, 9.17) is 5.11 Å². The Morgan fingerprint density at radius 2 is 1.86 bits per heavy atom. The van der Waals surface area contributed by atoms with Crippen LogP contribution in [0.1, 0.15) is 10.4 Å². The van der Waals surface area contributed by atoms with E-state index in [1.54, 1.807) is 0 Å². The molecule has 0 atom stereocenters. The van der Waals surface area contributed by atoms with Gasteiger partial charge in [-0.1, -0.05) is 36.4 Å². The smallest absolute Gasteiger partial charge is 0.323 e. The fraction of sp³-hybridized carbons (Fsp3) is 0.250. The van der Waals surface area contributed by atoms with E-state index in [0.717, 1.165) is 10.4 Å². The minimum absolute atomic E-state index is 0.143. The van der Waals surface area contributed by atoms with Gasteiger partial charge in [0.1, 0.15) is 6.54 Å². The molecule has 0 radical (unpaired) electrons. The standard InChI is InChI=1S/C16H17NO3S/c18-15(11-14-7-4-10-21-14)17(12-16(19)20)9-8-13-5-2-1-3-6-13/h1-7,10H,8-9,11-12H2,(H,19,20). The Labute approximate surface area is 127 Å². The second-order valence-electron chi connectivity index (χ2n) is 4.70. The summed E-state index contributed by atoms with van der Waals surface area (Å²) in [6, 6.07) is 13.5. The van der Waals surface area contributed by atoms with Gasteiger partial charge in [-0.3, -0.25) is 9.59 Å². The fourth-order valence-electron chi connectivity index (χ4n) is 2.04. The summed E-state index contributed by atoms with van der Waals surface area (Å²) in [6.45, 7) is 0.164. The second kappa shape index (κ2) is 7.59. The molecule has 1 heterocycles. The molecule has 0 saturated heterocycles. The van der Waals surface area contributed by atoms with E-state index >= 15 is 0 Å². The average Bonchev–Trinajstić information content (AvgIpc) is 2.97. The molecule has 0 spiro atoms. The van der Waals surface area contributed by atoms with Gasteiger partial charge in [0.05, 0.1) is 6.42 Å². The van der Waals surface area contributed by atoms with Crippen LogP contribution in [0.15, 0.2) is 47.8 Å². The van der Waals surface area contributed by atoms with E-state index in [2.05, 4.69) is 0 Å². The molecule has 2 rings (SSSR count). The molecule has 1 aromatic carbocycles. The summed E-state index contributed by atoms with van der Waals surface area (Å²) in [5, 5.41) is 10.9. The normalized spacial score (nSPS) is 10.3. The maximum atomic E-state index is 12.2. The van der Waals surface area contributed by atoms with Crippen molar-refractivity contribution in [3.63, 3.8) is 0 Å². The van der Waals surface area contributed by atoms with Gasteiger partial charge in [0, 0.05) is 11.4 Å². The van der Waals surface area contributed by atoms with Crippen LogP contribution in [0.3, 0.4) is 0 Å². The number of carbonyl (C=O) groups excluding carboxylic acids is 1. The Morgan fingerprint density at radius 1 is 1.10 bits per heavy atom. The largest absolute Gasteiger partial charge is 0.480 e. The summed E-state index contributed by atoms with van der Waals surface area (Å²) in [5.74, 6) is -1.13. The third kappa shape index (κ3) is 5.04. The van der Waals surface area contributed by atoms with Crippen LogP contribution in [-0.2, 0) is 22.4 Å². The molecule has 0 bridgehead atoms. The van der Waals surface area contributed by atoms with E-state index < -0.39 is 5.97 Å². The SMILES string of the molecule is O=C(O)CN(CCc1ccccc1)C(=O)Cc1cccs1. The molecule has 21 heavy (non-hydrogen) atoms. The van der Waals surface area contributed by atoms with Crippen LogP contribution < -0.4 is 0 Å². The van der Waals surface area contributed by atoms with Crippen LogP contribution in [0.2, 0.25) is 0 Å². The Hall–Kier alpha value is -2.14. The van der Waals surface area contributed by atoms with Gasteiger partial charge in [-0.05, 0) is 23.4 Å². The molecule has 0 aliphatic carbocycles. The number of amides is 1. The van der Waals surface area contributed by atoms with Gasteiger partial charge in [-0.2, -0.15) is 0 Å². The Balaban J connectivity index is 1.96. The van der Waals surface area contributed by atoms with Crippen molar-refractivity contribution < 1.29 is 14.7 Å². The molecule has 1 amide bonds. The van der Waals surface area contributed by atoms with Crippen LogP contribution in [-0.4, -0.2) is 35.0 Å². The quantitative estimate of drug-likeness (QED) is 0.854. The van der Waals surface area contributed by atoms with Crippen molar-refractivity contribution in [2.75, 3.05) is 13.1 Å². The Morgan fingerprint density at radius 3 is 2.48 bits per heavy atom. The number of nitrogens with zero attached hydrogens (tertiary/aromatic N) is 1. The van der Waals surface area contributed by atoms with Crippen molar-refractivity contribution in [3.8, 4) is 0 Å². The number of carboxylic acids is 1. The summed E-state index contributed by atoms with van der Waals surface area (Å²) in [7, 11) is 0. The number of carboxylic acid groups (broad SMARTS) is 1. The highest BCUT2D eigenvalue weighted by Crippen LogP contribution is 2.11. The first-order valence-electron chi connectivity index (χ1n) is 6.71. The summed E-state index contributed by atoms with van der Waals surface area (Å²) < 4.78 is 0.